The molecule has 0 aromatic carbocycles. The van der Waals surface area contributed by atoms with Crippen molar-refractivity contribution in [3.8, 4) is 0 Å². The predicted molar refractivity (Wildman–Crippen MR) is 124 cm³/mol. The van der Waals surface area contributed by atoms with Crippen molar-refractivity contribution in [1.29, 1.82) is 0 Å². The molecule has 4 rings (SSSR count). The van der Waals surface area contributed by atoms with Gasteiger partial charge in [-0.25, -0.2) is 9.97 Å². The molecule has 0 spiro atoms. The molecule has 1 atom stereocenters. The van der Waals surface area contributed by atoms with E-state index in [1.165, 1.54) is 34.2 Å². The summed E-state index contributed by atoms with van der Waals surface area (Å²) in [5.41, 5.74) is 1.73. The van der Waals surface area contributed by atoms with E-state index in [0.29, 0.717) is 22.3 Å². The number of hydrogen-bond donors (Lipinski definition) is 2. The number of aromatic nitrogens is 2. The average Bonchev–Trinajstić information content (AvgIpc) is 3.41. The highest BCUT2D eigenvalue weighted by molar-refractivity contribution is 7.99. The third-order valence-electron chi connectivity index (χ3n) is 5.35. The Kier molecular flexibility index (Phi) is 7.47. The van der Waals surface area contributed by atoms with Crippen LogP contribution in [0.15, 0.2) is 11.4 Å². The summed E-state index contributed by atoms with van der Waals surface area (Å²) in [5, 5.41) is 7.15. The van der Waals surface area contributed by atoms with Crippen molar-refractivity contribution >= 4 is 51.5 Å². The van der Waals surface area contributed by atoms with Crippen molar-refractivity contribution in [1.82, 2.24) is 15.3 Å². The van der Waals surface area contributed by atoms with E-state index >= 15 is 0 Å². The van der Waals surface area contributed by atoms with Gasteiger partial charge in [0.2, 0.25) is 0 Å². The number of halogens is 1. The summed E-state index contributed by atoms with van der Waals surface area (Å²) < 4.78 is 5.62. The van der Waals surface area contributed by atoms with Crippen LogP contribution in [-0.4, -0.2) is 46.8 Å². The molecular formula is C21H25ClN4O3S2. The zero-order valence-electron chi connectivity index (χ0n) is 17.3. The van der Waals surface area contributed by atoms with Gasteiger partial charge in [-0.1, -0.05) is 30.3 Å². The highest BCUT2D eigenvalue weighted by Crippen LogP contribution is 2.38. The van der Waals surface area contributed by atoms with E-state index in [9.17, 15) is 9.59 Å². The molecule has 3 heterocycles. The molecule has 2 aromatic heterocycles. The minimum absolute atomic E-state index is 0.0609. The Labute approximate surface area is 194 Å². The maximum atomic E-state index is 13.1. The SMILES string of the molecule is CCSc1ncc(Cl)c(C(=O)Nc2sc3c(c2C(=O)NC[C@H]2CCCO2)CCCC3)n1. The van der Waals surface area contributed by atoms with Crippen LogP contribution in [0, 0.1) is 0 Å². The molecule has 0 bridgehead atoms. The number of fused-ring (bicyclic) bond motifs is 1. The molecule has 31 heavy (non-hydrogen) atoms. The Hall–Kier alpha value is -1.68. The lowest BCUT2D eigenvalue weighted by Crippen LogP contribution is -2.32. The van der Waals surface area contributed by atoms with Crippen molar-refractivity contribution in [2.45, 2.75) is 56.7 Å². The minimum atomic E-state index is -0.433. The first kappa shape index (κ1) is 22.5. The number of hydrogen-bond acceptors (Lipinski definition) is 7. The molecule has 2 aliphatic rings. The van der Waals surface area contributed by atoms with Crippen LogP contribution >= 0.6 is 34.7 Å². The molecule has 2 N–H and O–H groups in total. The number of rotatable bonds is 7. The fourth-order valence-electron chi connectivity index (χ4n) is 3.87. The summed E-state index contributed by atoms with van der Waals surface area (Å²) in [6.07, 6.45) is 7.38. The second-order valence-electron chi connectivity index (χ2n) is 7.50. The number of aryl methyl sites for hydroxylation is 1. The zero-order chi connectivity index (χ0) is 21.8. The summed E-state index contributed by atoms with van der Waals surface area (Å²) in [4.78, 5) is 35.7. The summed E-state index contributed by atoms with van der Waals surface area (Å²) >= 11 is 9.11. The van der Waals surface area contributed by atoms with Crippen LogP contribution in [0.4, 0.5) is 5.00 Å². The van der Waals surface area contributed by atoms with E-state index in [4.69, 9.17) is 16.3 Å². The third kappa shape index (κ3) is 5.22. The highest BCUT2D eigenvalue weighted by atomic mass is 35.5. The molecule has 1 saturated heterocycles. The lowest BCUT2D eigenvalue weighted by atomic mass is 9.95. The van der Waals surface area contributed by atoms with E-state index in [2.05, 4.69) is 20.6 Å². The van der Waals surface area contributed by atoms with E-state index in [1.54, 1.807) is 0 Å². The zero-order valence-corrected chi connectivity index (χ0v) is 19.7. The summed E-state index contributed by atoms with van der Waals surface area (Å²) in [6, 6.07) is 0. The maximum absolute atomic E-state index is 13.1. The van der Waals surface area contributed by atoms with Crippen LogP contribution in [0.25, 0.3) is 0 Å². The summed E-state index contributed by atoms with van der Waals surface area (Å²) in [6.45, 7) is 3.21. The standard InChI is InChI=1S/C21H25ClN4O3S2/c1-2-30-21-24-11-14(22)17(25-21)19(28)26-20-16(13-7-3-4-8-15(13)31-20)18(27)23-10-12-6-5-9-29-12/h11-12H,2-10H2,1H3,(H,23,27)(H,26,28)/t12-/m1/s1. The van der Waals surface area contributed by atoms with E-state index in [-0.39, 0.29) is 22.7 Å². The number of carbonyl (C=O) groups excluding carboxylic acids is 2. The van der Waals surface area contributed by atoms with Gasteiger partial charge in [0.15, 0.2) is 10.9 Å². The van der Waals surface area contributed by atoms with Gasteiger partial charge in [0, 0.05) is 18.0 Å². The normalized spacial score (nSPS) is 17.9. The number of carbonyl (C=O) groups is 2. The van der Waals surface area contributed by atoms with Gasteiger partial charge in [-0.05, 0) is 49.8 Å². The molecule has 1 fully saturated rings. The van der Waals surface area contributed by atoms with Gasteiger partial charge in [0.1, 0.15) is 5.00 Å². The van der Waals surface area contributed by atoms with Crippen LogP contribution in [-0.2, 0) is 17.6 Å². The van der Waals surface area contributed by atoms with Gasteiger partial charge in [-0.15, -0.1) is 11.3 Å². The monoisotopic (exact) mass is 480 g/mol. The Morgan fingerprint density at radius 1 is 1.29 bits per heavy atom. The average molecular weight is 481 g/mol. The van der Waals surface area contributed by atoms with Gasteiger partial charge in [0.25, 0.3) is 11.8 Å². The number of ether oxygens (including phenoxy) is 1. The summed E-state index contributed by atoms with van der Waals surface area (Å²) in [5.74, 6) is 0.188. The Balaban J connectivity index is 1.57. The molecular weight excluding hydrogens is 456 g/mol. The van der Waals surface area contributed by atoms with Gasteiger partial charge in [-0.2, -0.15) is 0 Å². The molecule has 1 aliphatic heterocycles. The number of thiophene rings is 1. The largest absolute Gasteiger partial charge is 0.376 e. The van der Waals surface area contributed by atoms with Gasteiger partial charge in [0.05, 0.1) is 22.9 Å². The van der Waals surface area contributed by atoms with Crippen LogP contribution in [0.5, 0.6) is 0 Å². The van der Waals surface area contributed by atoms with Crippen LogP contribution in [0.3, 0.4) is 0 Å². The van der Waals surface area contributed by atoms with Crippen LogP contribution < -0.4 is 10.6 Å². The first-order valence-corrected chi connectivity index (χ1v) is 12.8. The van der Waals surface area contributed by atoms with Crippen LogP contribution in [0.1, 0.15) is 63.9 Å². The number of anilines is 1. The van der Waals surface area contributed by atoms with Crippen molar-refractivity contribution in [3.05, 3.63) is 32.9 Å². The number of nitrogens with one attached hydrogen (secondary N) is 2. The smallest absolute Gasteiger partial charge is 0.276 e. The molecule has 0 saturated carbocycles. The van der Waals surface area contributed by atoms with Crippen molar-refractivity contribution < 1.29 is 14.3 Å². The number of amides is 2. The van der Waals surface area contributed by atoms with Gasteiger partial charge < -0.3 is 15.4 Å². The quantitative estimate of drug-likeness (QED) is 0.452. The number of nitrogens with zero attached hydrogens (tertiary/aromatic N) is 2. The van der Waals surface area contributed by atoms with Crippen molar-refractivity contribution in [2.75, 3.05) is 24.2 Å². The maximum Gasteiger partial charge on any atom is 0.276 e. The van der Waals surface area contributed by atoms with E-state index in [0.717, 1.165) is 56.4 Å². The first-order valence-electron chi connectivity index (χ1n) is 10.6. The minimum Gasteiger partial charge on any atom is -0.376 e. The molecule has 10 heteroatoms. The number of thioether (sulfide) groups is 1. The lowest BCUT2D eigenvalue weighted by molar-refractivity contribution is 0.0858. The van der Waals surface area contributed by atoms with Crippen molar-refractivity contribution in [2.24, 2.45) is 0 Å². The molecule has 166 valence electrons. The van der Waals surface area contributed by atoms with Gasteiger partial charge in [-0.3, -0.25) is 9.59 Å². The Morgan fingerprint density at radius 3 is 2.90 bits per heavy atom. The summed E-state index contributed by atoms with van der Waals surface area (Å²) in [7, 11) is 0. The second-order valence-corrected chi connectivity index (χ2v) is 10.2. The predicted octanol–water partition coefficient (Wildman–Crippen LogP) is 4.34. The fourth-order valence-corrected chi connectivity index (χ4v) is 5.87. The van der Waals surface area contributed by atoms with Crippen LogP contribution in [0.2, 0.25) is 5.02 Å². The highest BCUT2D eigenvalue weighted by Gasteiger charge is 2.28. The van der Waals surface area contributed by atoms with E-state index in [1.807, 2.05) is 6.92 Å². The third-order valence-corrected chi connectivity index (χ3v) is 7.58. The molecule has 2 amide bonds. The van der Waals surface area contributed by atoms with Crippen molar-refractivity contribution in [3.63, 3.8) is 0 Å². The lowest BCUT2D eigenvalue weighted by Gasteiger charge is -2.15. The molecule has 0 unspecified atom stereocenters. The van der Waals surface area contributed by atoms with E-state index < -0.39 is 5.91 Å². The molecule has 0 radical (unpaired) electrons. The van der Waals surface area contributed by atoms with Gasteiger partial charge >= 0.3 is 0 Å². The fraction of sp³-hybridized carbons (Fsp3) is 0.524. The first-order chi connectivity index (χ1) is 15.1. The molecule has 2 aromatic rings. The Bertz CT molecular complexity index is 976. The molecule has 1 aliphatic carbocycles. The Morgan fingerprint density at radius 2 is 2.13 bits per heavy atom. The topological polar surface area (TPSA) is 93.2 Å². The molecule has 7 nitrogen and oxygen atoms in total. The second kappa shape index (κ2) is 10.3.